The molecule has 0 amide bonds. The van der Waals surface area contributed by atoms with Crippen LogP contribution in [0.4, 0.5) is 5.69 Å². The van der Waals surface area contributed by atoms with Crippen LogP contribution in [0.2, 0.25) is 0 Å². The van der Waals surface area contributed by atoms with Crippen molar-refractivity contribution in [2.75, 3.05) is 19.0 Å². The zero-order valence-corrected chi connectivity index (χ0v) is 21.4. The van der Waals surface area contributed by atoms with E-state index in [4.69, 9.17) is 9.47 Å². The van der Waals surface area contributed by atoms with Gasteiger partial charge in [0.05, 0.1) is 12.5 Å². The Balaban J connectivity index is 1.84. The number of benzene rings is 3. The molecular formula is C31H33NO4. The molecule has 5 heteroatoms. The van der Waals surface area contributed by atoms with E-state index in [0.717, 1.165) is 40.8 Å². The van der Waals surface area contributed by atoms with Gasteiger partial charge in [0.2, 0.25) is 0 Å². The number of carbonyl (C=O) groups excluding carboxylic acids is 2. The molecule has 0 atom stereocenters. The molecule has 1 aliphatic heterocycles. The van der Waals surface area contributed by atoms with E-state index in [1.807, 2.05) is 63.2 Å². The number of carbonyl (C=O) groups is 2. The number of rotatable bonds is 7. The van der Waals surface area contributed by atoms with E-state index in [0.29, 0.717) is 12.2 Å². The fourth-order valence-corrected chi connectivity index (χ4v) is 4.31. The van der Waals surface area contributed by atoms with Crippen LogP contribution in [0.25, 0.3) is 11.1 Å². The van der Waals surface area contributed by atoms with Crippen LogP contribution in [-0.4, -0.2) is 25.6 Å². The van der Waals surface area contributed by atoms with Crippen molar-refractivity contribution in [3.63, 3.8) is 0 Å². The number of hydrogen-bond donors (Lipinski definition) is 1. The van der Waals surface area contributed by atoms with E-state index in [1.165, 1.54) is 18.4 Å². The predicted molar refractivity (Wildman–Crippen MR) is 144 cm³/mol. The second-order valence-corrected chi connectivity index (χ2v) is 10.0. The van der Waals surface area contributed by atoms with Crippen LogP contribution in [0.1, 0.15) is 55.9 Å². The number of methoxy groups -OCH3 is 1. The summed E-state index contributed by atoms with van der Waals surface area (Å²) in [6.07, 6.45) is 1.78. The van der Waals surface area contributed by atoms with Gasteiger partial charge in [0.15, 0.2) is 0 Å². The standard InChI is InChI=1S/C31H33NO4/c1-31(2,3)30(34)36-25-13-10-22(11-14-25)29(24-12-16-27-23(20-24)18-19-32-27)26(15-17-28(33)35-4)21-8-6-5-7-9-21/h5-14,16,20,32H,15,17-19H2,1-4H3/b29-26-. The summed E-state index contributed by atoms with van der Waals surface area (Å²) >= 11 is 0. The first-order valence-electron chi connectivity index (χ1n) is 12.3. The first kappa shape index (κ1) is 25.2. The fraction of sp³-hybridized carbons (Fsp3) is 0.290. The van der Waals surface area contributed by atoms with Crippen LogP contribution in [-0.2, 0) is 20.7 Å². The summed E-state index contributed by atoms with van der Waals surface area (Å²) in [6, 6.07) is 24.2. The largest absolute Gasteiger partial charge is 0.469 e. The second-order valence-electron chi connectivity index (χ2n) is 10.0. The molecule has 0 saturated heterocycles. The van der Waals surface area contributed by atoms with E-state index in [1.54, 1.807) is 0 Å². The Bertz CT molecular complexity index is 1270. The molecule has 0 fully saturated rings. The maximum atomic E-state index is 12.4. The Morgan fingerprint density at radius 1 is 0.861 bits per heavy atom. The summed E-state index contributed by atoms with van der Waals surface area (Å²) in [7, 11) is 1.42. The average Bonchev–Trinajstić information content (AvgIpc) is 3.35. The minimum Gasteiger partial charge on any atom is -0.469 e. The lowest BCUT2D eigenvalue weighted by atomic mass is 9.86. The van der Waals surface area contributed by atoms with E-state index in [-0.39, 0.29) is 18.4 Å². The van der Waals surface area contributed by atoms with Crippen molar-refractivity contribution in [1.82, 2.24) is 0 Å². The van der Waals surface area contributed by atoms with E-state index in [9.17, 15) is 9.59 Å². The Morgan fingerprint density at radius 3 is 2.22 bits per heavy atom. The molecule has 1 heterocycles. The molecule has 4 rings (SSSR count). The SMILES string of the molecule is COC(=O)CC/C(=C(\c1ccc(OC(=O)C(C)(C)C)cc1)c1ccc2c(c1)CCN2)c1ccccc1. The number of nitrogens with one attached hydrogen (secondary N) is 1. The lowest BCUT2D eigenvalue weighted by Crippen LogP contribution is -2.25. The molecule has 0 aromatic heterocycles. The molecule has 3 aromatic carbocycles. The maximum Gasteiger partial charge on any atom is 0.316 e. The van der Waals surface area contributed by atoms with Gasteiger partial charge in [-0.2, -0.15) is 0 Å². The smallest absolute Gasteiger partial charge is 0.316 e. The number of hydrogen-bond acceptors (Lipinski definition) is 5. The monoisotopic (exact) mass is 483 g/mol. The molecular weight excluding hydrogens is 450 g/mol. The number of esters is 2. The minimum absolute atomic E-state index is 0.245. The molecule has 0 radical (unpaired) electrons. The molecule has 36 heavy (non-hydrogen) atoms. The van der Waals surface area contributed by atoms with Gasteiger partial charge in [-0.05, 0) is 91.3 Å². The van der Waals surface area contributed by atoms with Crippen molar-refractivity contribution in [2.24, 2.45) is 5.41 Å². The van der Waals surface area contributed by atoms with Crippen LogP contribution in [0.15, 0.2) is 72.8 Å². The normalized spacial score (nSPS) is 13.3. The van der Waals surface area contributed by atoms with Crippen molar-refractivity contribution in [3.05, 3.63) is 95.1 Å². The third-order valence-corrected chi connectivity index (χ3v) is 6.30. The fourth-order valence-electron chi connectivity index (χ4n) is 4.31. The lowest BCUT2D eigenvalue weighted by Gasteiger charge is -2.19. The van der Waals surface area contributed by atoms with Gasteiger partial charge >= 0.3 is 11.9 Å². The zero-order chi connectivity index (χ0) is 25.7. The Hall–Kier alpha value is -3.86. The Kier molecular flexibility index (Phi) is 7.58. The summed E-state index contributed by atoms with van der Waals surface area (Å²) in [5.41, 5.74) is 7.09. The van der Waals surface area contributed by atoms with E-state index >= 15 is 0 Å². The highest BCUT2D eigenvalue weighted by Crippen LogP contribution is 2.38. The zero-order valence-electron chi connectivity index (χ0n) is 21.4. The topological polar surface area (TPSA) is 64.6 Å². The number of allylic oxidation sites excluding steroid dienone is 1. The van der Waals surface area contributed by atoms with Gasteiger partial charge in [-0.15, -0.1) is 0 Å². The van der Waals surface area contributed by atoms with E-state index in [2.05, 4.69) is 35.6 Å². The van der Waals surface area contributed by atoms with Gasteiger partial charge in [-0.3, -0.25) is 9.59 Å². The molecule has 0 unspecified atom stereocenters. The number of ether oxygens (including phenoxy) is 2. The van der Waals surface area contributed by atoms with Crippen LogP contribution in [0.3, 0.4) is 0 Å². The highest BCUT2D eigenvalue weighted by atomic mass is 16.5. The number of anilines is 1. The van der Waals surface area contributed by atoms with Crippen LogP contribution >= 0.6 is 0 Å². The second kappa shape index (κ2) is 10.8. The van der Waals surface area contributed by atoms with Gasteiger partial charge in [-0.1, -0.05) is 48.5 Å². The van der Waals surface area contributed by atoms with Gasteiger partial charge in [0.1, 0.15) is 5.75 Å². The third-order valence-electron chi connectivity index (χ3n) is 6.30. The molecule has 1 aliphatic rings. The summed E-state index contributed by atoms with van der Waals surface area (Å²) in [4.78, 5) is 24.5. The lowest BCUT2D eigenvalue weighted by molar-refractivity contribution is -0.143. The molecule has 0 aliphatic carbocycles. The van der Waals surface area contributed by atoms with Crippen molar-refractivity contribution >= 4 is 28.8 Å². The van der Waals surface area contributed by atoms with Crippen molar-refractivity contribution in [2.45, 2.75) is 40.0 Å². The van der Waals surface area contributed by atoms with Gasteiger partial charge in [-0.25, -0.2) is 0 Å². The van der Waals surface area contributed by atoms with Crippen molar-refractivity contribution in [3.8, 4) is 5.75 Å². The molecule has 3 aromatic rings. The molecule has 0 saturated carbocycles. The maximum absolute atomic E-state index is 12.4. The number of fused-ring (bicyclic) bond motifs is 1. The molecule has 186 valence electrons. The Labute approximate surface area is 213 Å². The average molecular weight is 484 g/mol. The highest BCUT2D eigenvalue weighted by molar-refractivity contribution is 5.99. The molecule has 0 bridgehead atoms. The highest BCUT2D eigenvalue weighted by Gasteiger charge is 2.24. The van der Waals surface area contributed by atoms with Crippen LogP contribution in [0.5, 0.6) is 5.75 Å². The van der Waals surface area contributed by atoms with Gasteiger partial charge in [0, 0.05) is 18.7 Å². The van der Waals surface area contributed by atoms with Crippen LogP contribution in [0, 0.1) is 5.41 Å². The first-order valence-corrected chi connectivity index (χ1v) is 12.3. The summed E-state index contributed by atoms with van der Waals surface area (Å²) < 4.78 is 10.5. The quantitative estimate of drug-likeness (QED) is 0.235. The van der Waals surface area contributed by atoms with Crippen molar-refractivity contribution in [1.29, 1.82) is 0 Å². The summed E-state index contributed by atoms with van der Waals surface area (Å²) in [5, 5.41) is 3.43. The Morgan fingerprint density at radius 2 is 1.56 bits per heavy atom. The van der Waals surface area contributed by atoms with Gasteiger partial charge in [0.25, 0.3) is 0 Å². The van der Waals surface area contributed by atoms with Gasteiger partial charge < -0.3 is 14.8 Å². The predicted octanol–water partition coefficient (Wildman–Crippen LogP) is 6.52. The molecule has 5 nitrogen and oxygen atoms in total. The summed E-state index contributed by atoms with van der Waals surface area (Å²) in [5.74, 6) is -0.0161. The van der Waals surface area contributed by atoms with Crippen molar-refractivity contribution < 1.29 is 19.1 Å². The van der Waals surface area contributed by atoms with Crippen LogP contribution < -0.4 is 10.1 Å². The molecule has 1 N–H and O–H groups in total. The summed E-state index contributed by atoms with van der Waals surface area (Å²) in [6.45, 7) is 6.43. The molecule has 0 spiro atoms. The first-order chi connectivity index (χ1) is 17.3. The van der Waals surface area contributed by atoms with E-state index < -0.39 is 5.41 Å². The minimum atomic E-state index is -0.587. The third kappa shape index (κ3) is 5.85.